The fourth-order valence-electron chi connectivity index (χ4n) is 4.34. The van der Waals surface area contributed by atoms with E-state index < -0.39 is 6.04 Å². The number of anilines is 1. The maximum absolute atomic E-state index is 13.9. The summed E-state index contributed by atoms with van der Waals surface area (Å²) in [6, 6.07) is 6.58. The number of amides is 1. The molecule has 0 radical (unpaired) electrons. The van der Waals surface area contributed by atoms with Gasteiger partial charge in [0.2, 0.25) is 5.89 Å². The van der Waals surface area contributed by atoms with Gasteiger partial charge in [0, 0.05) is 18.3 Å². The van der Waals surface area contributed by atoms with Gasteiger partial charge in [-0.25, -0.2) is 4.68 Å². The molecule has 0 aliphatic carbocycles. The van der Waals surface area contributed by atoms with Crippen molar-refractivity contribution in [3.63, 3.8) is 0 Å². The number of hydrogen-bond acceptors (Lipinski definition) is 6. The Morgan fingerprint density at radius 3 is 2.81 bits per heavy atom. The molecule has 3 aromatic rings. The molecule has 10 heteroatoms. The second kappa shape index (κ2) is 7.69. The van der Waals surface area contributed by atoms with Crippen LogP contribution in [0.1, 0.15) is 49.1 Å². The van der Waals surface area contributed by atoms with E-state index in [0.717, 1.165) is 29.9 Å². The van der Waals surface area contributed by atoms with Crippen molar-refractivity contribution in [1.29, 1.82) is 0 Å². The van der Waals surface area contributed by atoms with E-state index in [1.54, 1.807) is 29.9 Å². The number of hydrogen-bond donors (Lipinski definition) is 1. The molecule has 0 spiro atoms. The summed E-state index contributed by atoms with van der Waals surface area (Å²) in [5.74, 6) is 1.73. The highest BCUT2D eigenvalue weighted by Crippen LogP contribution is 2.41. The number of nitrogens with one attached hydrogen (secondary N) is 1. The highest BCUT2D eigenvalue weighted by Gasteiger charge is 2.40. The van der Waals surface area contributed by atoms with Gasteiger partial charge in [0.1, 0.15) is 17.9 Å². The first-order valence-corrected chi connectivity index (χ1v) is 10.8. The van der Waals surface area contributed by atoms with Crippen LogP contribution >= 0.6 is 23.2 Å². The summed E-state index contributed by atoms with van der Waals surface area (Å²) in [5, 5.41) is 12.6. The number of allylic oxidation sites excluding steroid dienone is 1. The van der Waals surface area contributed by atoms with Crippen LogP contribution in [-0.4, -0.2) is 37.3 Å². The lowest BCUT2D eigenvalue weighted by Crippen LogP contribution is -2.38. The maximum Gasteiger partial charge on any atom is 0.254 e. The van der Waals surface area contributed by atoms with Crippen LogP contribution in [0, 0.1) is 6.92 Å². The van der Waals surface area contributed by atoms with Crippen LogP contribution in [-0.2, 0) is 4.79 Å². The predicted molar refractivity (Wildman–Crippen MR) is 116 cm³/mol. The van der Waals surface area contributed by atoms with Crippen molar-refractivity contribution in [2.45, 2.75) is 38.8 Å². The number of benzene rings is 1. The molecule has 0 saturated carbocycles. The van der Waals surface area contributed by atoms with Gasteiger partial charge in [-0.2, -0.15) is 10.1 Å². The van der Waals surface area contributed by atoms with E-state index in [9.17, 15) is 4.79 Å². The number of likely N-dealkylation sites (tertiary alicyclic amines) is 1. The summed E-state index contributed by atoms with van der Waals surface area (Å²) in [4.78, 5) is 20.1. The van der Waals surface area contributed by atoms with E-state index in [-0.39, 0.29) is 11.9 Å². The van der Waals surface area contributed by atoms with Gasteiger partial charge in [0.25, 0.3) is 5.91 Å². The van der Waals surface area contributed by atoms with Crippen LogP contribution < -0.4 is 5.32 Å². The number of halogens is 2. The Hall–Kier alpha value is -2.84. The van der Waals surface area contributed by atoms with Gasteiger partial charge < -0.3 is 14.7 Å². The molecule has 8 nitrogen and oxygen atoms in total. The zero-order chi connectivity index (χ0) is 21.7. The lowest BCUT2D eigenvalue weighted by molar-refractivity contribution is -0.129. The second-order valence-corrected chi connectivity index (χ2v) is 8.55. The summed E-state index contributed by atoms with van der Waals surface area (Å²) < 4.78 is 7.18. The summed E-state index contributed by atoms with van der Waals surface area (Å²) >= 11 is 12.5. The Kier molecular flexibility index (Phi) is 4.98. The number of carbonyl (C=O) groups is 1. The van der Waals surface area contributed by atoms with E-state index in [1.807, 2.05) is 24.0 Å². The molecule has 2 aromatic heterocycles. The van der Waals surface area contributed by atoms with E-state index in [1.165, 1.54) is 0 Å². The minimum Gasteiger partial charge on any atom is -0.344 e. The third kappa shape index (κ3) is 3.40. The zero-order valence-electron chi connectivity index (χ0n) is 17.0. The van der Waals surface area contributed by atoms with Gasteiger partial charge in [-0.15, -0.1) is 0 Å². The molecule has 1 fully saturated rings. The van der Waals surface area contributed by atoms with Crippen LogP contribution in [0.3, 0.4) is 0 Å². The molecule has 1 aromatic carbocycles. The van der Waals surface area contributed by atoms with E-state index in [4.69, 9.17) is 27.7 Å². The molecule has 1 N–H and O–H groups in total. The molecule has 2 atom stereocenters. The minimum atomic E-state index is -0.445. The lowest BCUT2D eigenvalue weighted by Gasteiger charge is -2.33. The van der Waals surface area contributed by atoms with Gasteiger partial charge in [-0.3, -0.25) is 4.79 Å². The molecule has 1 unspecified atom stereocenters. The quantitative estimate of drug-likeness (QED) is 0.619. The SMILES string of the molecule is CC1=C(C(=O)N2CCC[C@H]2c2nc(C)no2)C(c2ccc(Cl)c(Cl)c2)n2nccc2N1. The Bertz CT molecular complexity index is 1200. The van der Waals surface area contributed by atoms with Crippen molar-refractivity contribution < 1.29 is 9.32 Å². The van der Waals surface area contributed by atoms with Crippen molar-refractivity contribution in [3.05, 3.63) is 69.1 Å². The lowest BCUT2D eigenvalue weighted by atomic mass is 9.94. The summed E-state index contributed by atoms with van der Waals surface area (Å²) in [5.41, 5.74) is 2.19. The van der Waals surface area contributed by atoms with Crippen molar-refractivity contribution in [3.8, 4) is 0 Å². The van der Waals surface area contributed by atoms with Crippen molar-refractivity contribution in [2.75, 3.05) is 11.9 Å². The molecule has 2 aliphatic heterocycles. The van der Waals surface area contributed by atoms with Gasteiger partial charge in [-0.1, -0.05) is 34.4 Å². The smallest absolute Gasteiger partial charge is 0.254 e. The molecule has 5 rings (SSSR count). The molecule has 1 amide bonds. The number of fused-ring (bicyclic) bond motifs is 1. The largest absolute Gasteiger partial charge is 0.344 e. The Balaban J connectivity index is 1.58. The fraction of sp³-hybridized carbons (Fsp3) is 0.333. The summed E-state index contributed by atoms with van der Waals surface area (Å²) in [7, 11) is 0. The van der Waals surface area contributed by atoms with E-state index in [0.29, 0.717) is 33.9 Å². The highest BCUT2D eigenvalue weighted by molar-refractivity contribution is 6.42. The number of carbonyl (C=O) groups excluding carboxylic acids is 1. The Morgan fingerprint density at radius 1 is 1.23 bits per heavy atom. The molecule has 4 heterocycles. The van der Waals surface area contributed by atoms with Crippen molar-refractivity contribution in [1.82, 2.24) is 24.8 Å². The van der Waals surface area contributed by atoms with Crippen LogP contribution in [0.4, 0.5) is 5.82 Å². The number of rotatable bonds is 3. The summed E-state index contributed by atoms with van der Waals surface area (Å²) in [6.07, 6.45) is 3.34. The van der Waals surface area contributed by atoms with Gasteiger partial charge >= 0.3 is 0 Å². The molecular formula is C21H20Cl2N6O2. The number of aryl methyl sites for hydroxylation is 1. The fourth-order valence-corrected chi connectivity index (χ4v) is 4.65. The first-order chi connectivity index (χ1) is 14.9. The van der Waals surface area contributed by atoms with Crippen LogP contribution in [0.25, 0.3) is 0 Å². The number of nitrogens with zero attached hydrogens (tertiary/aromatic N) is 5. The maximum atomic E-state index is 13.9. The van der Waals surface area contributed by atoms with Crippen LogP contribution in [0.15, 0.2) is 46.3 Å². The average molecular weight is 459 g/mol. The monoisotopic (exact) mass is 458 g/mol. The molecule has 0 bridgehead atoms. The molecule has 1 saturated heterocycles. The Labute approximate surface area is 188 Å². The van der Waals surface area contributed by atoms with Gasteiger partial charge in [-0.05, 0) is 44.4 Å². The normalized spacial score (nSPS) is 20.7. The summed E-state index contributed by atoms with van der Waals surface area (Å²) in [6.45, 7) is 4.28. The third-order valence-electron chi connectivity index (χ3n) is 5.74. The molecule has 31 heavy (non-hydrogen) atoms. The van der Waals surface area contributed by atoms with Crippen LogP contribution in [0.5, 0.6) is 0 Å². The van der Waals surface area contributed by atoms with E-state index >= 15 is 0 Å². The topological polar surface area (TPSA) is 89.1 Å². The minimum absolute atomic E-state index is 0.0967. The van der Waals surface area contributed by atoms with Gasteiger partial charge in [0.15, 0.2) is 5.82 Å². The molecule has 2 aliphatic rings. The predicted octanol–water partition coefficient (Wildman–Crippen LogP) is 4.53. The standard InChI is InChI=1S/C21H20Cl2N6O2/c1-11-18(21(30)28-9-3-4-16(28)20-26-12(2)27-31-20)19(29-17(25-11)7-8-24-29)13-5-6-14(22)15(23)10-13/h5-8,10,16,19,25H,3-4,9H2,1-2H3/t16-,19?/m0/s1. The third-order valence-corrected chi connectivity index (χ3v) is 6.48. The van der Waals surface area contributed by atoms with Crippen LogP contribution in [0.2, 0.25) is 10.0 Å². The highest BCUT2D eigenvalue weighted by atomic mass is 35.5. The van der Waals surface area contributed by atoms with Crippen molar-refractivity contribution >= 4 is 34.9 Å². The molecular weight excluding hydrogens is 439 g/mol. The zero-order valence-corrected chi connectivity index (χ0v) is 18.5. The van der Waals surface area contributed by atoms with Crippen molar-refractivity contribution in [2.24, 2.45) is 0 Å². The van der Waals surface area contributed by atoms with E-state index in [2.05, 4.69) is 20.6 Å². The average Bonchev–Trinajstić information content (AvgIpc) is 3.48. The Morgan fingerprint density at radius 2 is 2.06 bits per heavy atom. The number of aromatic nitrogens is 4. The first-order valence-electron chi connectivity index (χ1n) is 10.0. The molecule has 160 valence electrons. The first kappa shape index (κ1) is 20.1. The second-order valence-electron chi connectivity index (χ2n) is 7.74. The van der Waals surface area contributed by atoms with Gasteiger partial charge in [0.05, 0.1) is 21.8 Å².